The number of amides is 1. The van der Waals surface area contributed by atoms with Gasteiger partial charge in [-0.2, -0.15) is 0 Å². The minimum Gasteiger partial charge on any atom is -0.486 e. The van der Waals surface area contributed by atoms with Gasteiger partial charge < -0.3 is 19.0 Å². The van der Waals surface area contributed by atoms with Crippen LogP contribution in [0.4, 0.5) is 4.79 Å². The summed E-state index contributed by atoms with van der Waals surface area (Å²) in [5.74, 6) is 0.294. The predicted molar refractivity (Wildman–Crippen MR) is 145 cm³/mol. The first-order chi connectivity index (χ1) is 16.5. The van der Waals surface area contributed by atoms with Crippen molar-refractivity contribution in [2.45, 2.75) is 116 Å². The molecule has 0 aromatic heterocycles. The van der Waals surface area contributed by atoms with E-state index in [0.29, 0.717) is 19.4 Å². The van der Waals surface area contributed by atoms with Crippen molar-refractivity contribution in [2.24, 2.45) is 5.92 Å². The van der Waals surface area contributed by atoms with Crippen LogP contribution < -0.4 is 4.74 Å². The Morgan fingerprint density at radius 2 is 1.72 bits per heavy atom. The van der Waals surface area contributed by atoms with Gasteiger partial charge in [-0.15, -0.1) is 0 Å². The first kappa shape index (κ1) is 30.2. The molecule has 0 radical (unpaired) electrons. The Kier molecular flexibility index (Phi) is 10.0. The van der Waals surface area contributed by atoms with E-state index in [4.69, 9.17) is 13.9 Å². The number of carbonyl (C=O) groups is 2. The second kappa shape index (κ2) is 12.0. The average Bonchev–Trinajstić information content (AvgIpc) is 2.78. The van der Waals surface area contributed by atoms with Crippen LogP contribution in [0.15, 0.2) is 30.3 Å². The predicted octanol–water partition coefficient (Wildman–Crippen LogP) is 6.72. The van der Waals surface area contributed by atoms with Crippen LogP contribution in [0.25, 0.3) is 0 Å². The second-order valence-corrected chi connectivity index (χ2v) is 17.3. The van der Waals surface area contributed by atoms with Gasteiger partial charge in [0.2, 0.25) is 0 Å². The summed E-state index contributed by atoms with van der Waals surface area (Å²) in [7, 11) is -1.90. The van der Waals surface area contributed by atoms with E-state index < -0.39 is 38.1 Å². The van der Waals surface area contributed by atoms with E-state index in [1.165, 1.54) is 4.90 Å². The number of hydrogen-bond acceptors (Lipinski definition) is 5. The summed E-state index contributed by atoms with van der Waals surface area (Å²) in [5, 5.41) is 10.0. The van der Waals surface area contributed by atoms with Gasteiger partial charge in [-0.25, -0.2) is 9.59 Å². The molecule has 0 aliphatic carbocycles. The molecule has 204 valence electrons. The Morgan fingerprint density at radius 1 is 1.11 bits per heavy atom. The number of rotatable bonds is 7. The van der Waals surface area contributed by atoms with Crippen LogP contribution in [0.3, 0.4) is 0 Å². The number of benzene rings is 1. The lowest BCUT2D eigenvalue weighted by Crippen LogP contribution is -2.55. The lowest BCUT2D eigenvalue weighted by molar-refractivity contribution is -0.161. The summed E-state index contributed by atoms with van der Waals surface area (Å²) in [5.41, 5.74) is -0.733. The van der Waals surface area contributed by atoms with Crippen molar-refractivity contribution in [1.29, 1.82) is 0 Å². The maximum Gasteiger partial charge on any atom is 0.408 e. The van der Waals surface area contributed by atoms with Crippen molar-refractivity contribution in [2.75, 3.05) is 6.61 Å². The summed E-state index contributed by atoms with van der Waals surface area (Å²) in [4.78, 5) is 26.6. The zero-order valence-electron chi connectivity index (χ0n) is 23.7. The van der Waals surface area contributed by atoms with E-state index in [0.717, 1.165) is 18.6 Å². The minimum absolute atomic E-state index is 0.0874. The molecule has 1 aromatic rings. The lowest BCUT2D eigenvalue weighted by Gasteiger charge is -2.38. The molecule has 0 saturated carbocycles. The van der Waals surface area contributed by atoms with E-state index in [2.05, 4.69) is 33.9 Å². The summed E-state index contributed by atoms with van der Waals surface area (Å²) in [6.45, 7) is 19.0. The lowest BCUT2D eigenvalue weighted by atomic mass is 9.89. The van der Waals surface area contributed by atoms with Crippen molar-refractivity contribution in [1.82, 2.24) is 4.90 Å². The number of esters is 1. The molecule has 0 unspecified atom stereocenters. The van der Waals surface area contributed by atoms with Crippen LogP contribution in [-0.2, 0) is 14.0 Å². The second-order valence-electron chi connectivity index (χ2n) is 12.5. The number of para-hydroxylation sites is 1. The third kappa shape index (κ3) is 7.97. The molecule has 1 amide bonds. The van der Waals surface area contributed by atoms with Gasteiger partial charge in [0.05, 0.1) is 0 Å². The van der Waals surface area contributed by atoms with Crippen LogP contribution in [-0.4, -0.2) is 60.8 Å². The third-order valence-corrected chi connectivity index (χ3v) is 12.1. The number of cyclic esters (lactones) is 1. The summed E-state index contributed by atoms with van der Waals surface area (Å²) in [6.07, 6.45) is 0.621. The number of nitrogens with zero attached hydrogens (tertiary/aromatic N) is 1. The summed E-state index contributed by atoms with van der Waals surface area (Å²) in [6, 6.07) is 8.71. The molecule has 36 heavy (non-hydrogen) atoms. The normalized spacial score (nSPS) is 24.2. The molecule has 1 N–H and O–H groups in total. The van der Waals surface area contributed by atoms with Gasteiger partial charge in [0, 0.05) is 18.1 Å². The summed E-state index contributed by atoms with van der Waals surface area (Å²) < 4.78 is 18.8. The van der Waals surface area contributed by atoms with Gasteiger partial charge in [-0.3, -0.25) is 4.90 Å². The molecular formula is C28H47NO6Si. The highest BCUT2D eigenvalue weighted by Gasteiger charge is 2.42. The van der Waals surface area contributed by atoms with Gasteiger partial charge in [0.1, 0.15) is 24.0 Å². The van der Waals surface area contributed by atoms with Crippen molar-refractivity contribution >= 4 is 20.4 Å². The molecule has 4 atom stereocenters. The molecule has 1 aliphatic rings. The number of ether oxygens (including phenoxy) is 2. The molecule has 1 aliphatic heterocycles. The molecule has 8 heteroatoms. The average molecular weight is 522 g/mol. The SMILES string of the molecule is C[C@@H]1OC(=O)[C@@H](N(C(=O)O)C(C)(C)C)CCC[C@H](CCO[Si](C)(C)C(C)(C)C)[C@H]1Oc1ccccc1. The zero-order chi connectivity index (χ0) is 27.3. The molecule has 2 rings (SSSR count). The Bertz CT molecular complexity index is 861. The molecule has 1 saturated heterocycles. The fourth-order valence-corrected chi connectivity index (χ4v) is 5.59. The molecule has 0 bridgehead atoms. The molecule has 0 spiro atoms. The molecular weight excluding hydrogens is 474 g/mol. The van der Waals surface area contributed by atoms with E-state index in [1.807, 2.05) is 37.3 Å². The van der Waals surface area contributed by atoms with Crippen molar-refractivity contribution in [3.8, 4) is 5.75 Å². The van der Waals surface area contributed by atoms with Gasteiger partial charge in [0.25, 0.3) is 0 Å². The molecule has 7 nitrogen and oxygen atoms in total. The topological polar surface area (TPSA) is 85.3 Å². The van der Waals surface area contributed by atoms with E-state index >= 15 is 0 Å². The Labute approximate surface area is 218 Å². The van der Waals surface area contributed by atoms with Crippen molar-refractivity contribution in [3.05, 3.63) is 30.3 Å². The van der Waals surface area contributed by atoms with E-state index in [-0.39, 0.29) is 17.1 Å². The standard InChI is InChI=1S/C28H47NO6Si/c1-20-24(35-22-15-11-10-12-16-22)21(18-19-33-36(8,9)28(5,6)7)14-13-17-23(25(30)34-20)29(26(31)32)27(2,3)4/h10-12,15-16,20-21,23-24H,13-14,17-19H2,1-9H3,(H,31,32)/t20-,21+,23-,24-/m0/s1. The minimum atomic E-state index is -1.90. The fourth-order valence-electron chi connectivity index (χ4n) is 4.53. The van der Waals surface area contributed by atoms with E-state index in [9.17, 15) is 14.7 Å². The maximum absolute atomic E-state index is 13.3. The highest BCUT2D eigenvalue weighted by atomic mass is 28.4. The third-order valence-electron chi connectivity index (χ3n) is 7.57. The van der Waals surface area contributed by atoms with Crippen molar-refractivity contribution in [3.63, 3.8) is 0 Å². The highest BCUT2D eigenvalue weighted by Crippen LogP contribution is 2.37. The van der Waals surface area contributed by atoms with Gasteiger partial charge in [-0.1, -0.05) is 45.4 Å². The number of carboxylic acid groups (broad SMARTS) is 1. The number of carbonyl (C=O) groups excluding carboxylic acids is 1. The maximum atomic E-state index is 13.3. The summed E-state index contributed by atoms with van der Waals surface area (Å²) >= 11 is 0. The van der Waals surface area contributed by atoms with Crippen LogP contribution in [0.1, 0.15) is 74.1 Å². The van der Waals surface area contributed by atoms with Crippen LogP contribution in [0, 0.1) is 5.92 Å². The molecule has 1 heterocycles. The quantitative estimate of drug-likeness (QED) is 0.316. The monoisotopic (exact) mass is 521 g/mol. The zero-order valence-corrected chi connectivity index (χ0v) is 24.7. The largest absolute Gasteiger partial charge is 0.486 e. The van der Waals surface area contributed by atoms with Gasteiger partial charge >= 0.3 is 12.1 Å². The van der Waals surface area contributed by atoms with Crippen molar-refractivity contribution < 1.29 is 28.6 Å². The number of hydrogen-bond donors (Lipinski definition) is 1. The smallest absolute Gasteiger partial charge is 0.408 e. The highest BCUT2D eigenvalue weighted by molar-refractivity contribution is 6.74. The molecule has 1 fully saturated rings. The van der Waals surface area contributed by atoms with Gasteiger partial charge in [-0.05, 0) is 77.2 Å². The Hall–Kier alpha value is -2.06. The first-order valence-electron chi connectivity index (χ1n) is 13.1. The van der Waals surface area contributed by atoms with E-state index in [1.54, 1.807) is 20.8 Å². The van der Waals surface area contributed by atoms with Gasteiger partial charge in [0.15, 0.2) is 8.32 Å². The Morgan fingerprint density at radius 3 is 2.25 bits per heavy atom. The van der Waals surface area contributed by atoms with Crippen LogP contribution >= 0.6 is 0 Å². The molecule has 1 aromatic carbocycles. The fraction of sp³-hybridized carbons (Fsp3) is 0.714. The van der Waals surface area contributed by atoms with Crippen LogP contribution in [0.2, 0.25) is 18.1 Å². The Balaban J connectivity index is 2.31. The van der Waals surface area contributed by atoms with Crippen LogP contribution in [0.5, 0.6) is 5.75 Å². The first-order valence-corrected chi connectivity index (χ1v) is 16.0.